The van der Waals surface area contributed by atoms with Crippen molar-refractivity contribution >= 4 is 5.91 Å². The average molecular weight is 392 g/mol. The van der Waals surface area contributed by atoms with Gasteiger partial charge in [0.2, 0.25) is 0 Å². The van der Waals surface area contributed by atoms with Crippen molar-refractivity contribution < 1.29 is 18.0 Å². The second-order valence-corrected chi connectivity index (χ2v) is 7.47. The summed E-state index contributed by atoms with van der Waals surface area (Å²) >= 11 is 0. The Labute approximate surface area is 161 Å². The number of rotatable bonds is 3. The molecule has 0 unspecified atom stereocenters. The summed E-state index contributed by atoms with van der Waals surface area (Å²) in [5.74, 6) is -0.368. The van der Waals surface area contributed by atoms with Gasteiger partial charge in [-0.3, -0.25) is 9.69 Å². The van der Waals surface area contributed by atoms with E-state index < -0.39 is 11.7 Å². The van der Waals surface area contributed by atoms with Crippen molar-refractivity contribution in [1.29, 1.82) is 0 Å². The molecule has 0 atom stereocenters. The normalized spacial score (nSPS) is 18.2. The minimum absolute atomic E-state index is 0.0730. The van der Waals surface area contributed by atoms with Crippen LogP contribution in [0.25, 0.3) is 0 Å². The number of aromatic nitrogens is 2. The molecule has 5 nitrogen and oxygen atoms in total. The molecule has 2 aromatic rings. The van der Waals surface area contributed by atoms with Crippen LogP contribution in [0.5, 0.6) is 0 Å². The Morgan fingerprint density at radius 2 is 1.86 bits per heavy atom. The lowest BCUT2D eigenvalue weighted by Gasteiger charge is -2.22. The van der Waals surface area contributed by atoms with Crippen molar-refractivity contribution in [3.05, 3.63) is 53.1 Å². The number of alkyl halides is 3. The monoisotopic (exact) mass is 392 g/mol. The SMILES string of the molecule is O=C(c1cccc(C(F)(F)F)c1)N1CCCn2cnc(CN3CCCC3)c2C1. The van der Waals surface area contributed by atoms with E-state index >= 15 is 0 Å². The molecule has 1 aromatic carbocycles. The molecule has 150 valence electrons. The molecule has 3 heterocycles. The highest BCUT2D eigenvalue weighted by atomic mass is 19.4. The first kappa shape index (κ1) is 19.0. The molecule has 0 saturated carbocycles. The summed E-state index contributed by atoms with van der Waals surface area (Å²) < 4.78 is 41.1. The zero-order valence-electron chi connectivity index (χ0n) is 15.6. The first-order valence-corrected chi connectivity index (χ1v) is 9.63. The number of imidazole rings is 1. The number of benzene rings is 1. The fraction of sp³-hybridized carbons (Fsp3) is 0.500. The van der Waals surface area contributed by atoms with Crippen LogP contribution in [0, 0.1) is 0 Å². The van der Waals surface area contributed by atoms with E-state index in [4.69, 9.17) is 0 Å². The first-order valence-electron chi connectivity index (χ1n) is 9.63. The number of aryl methyl sites for hydroxylation is 1. The molecular formula is C20H23F3N4O. The van der Waals surface area contributed by atoms with Crippen molar-refractivity contribution in [2.24, 2.45) is 0 Å². The average Bonchev–Trinajstić information content (AvgIpc) is 3.26. The van der Waals surface area contributed by atoms with Crippen molar-refractivity contribution in [1.82, 2.24) is 19.4 Å². The van der Waals surface area contributed by atoms with Crippen LogP contribution in [0.1, 0.15) is 46.6 Å². The van der Waals surface area contributed by atoms with Crippen LogP contribution in [0.3, 0.4) is 0 Å². The lowest BCUT2D eigenvalue weighted by molar-refractivity contribution is -0.137. The molecule has 4 rings (SSSR count). The summed E-state index contributed by atoms with van der Waals surface area (Å²) in [6.07, 6.45) is 0.485. The first-order chi connectivity index (χ1) is 13.4. The Hall–Kier alpha value is -2.35. The number of hydrogen-bond acceptors (Lipinski definition) is 3. The van der Waals surface area contributed by atoms with Crippen LogP contribution in [-0.2, 0) is 25.8 Å². The maximum Gasteiger partial charge on any atom is 0.416 e. The highest BCUT2D eigenvalue weighted by Gasteiger charge is 2.32. The Morgan fingerprint density at radius 1 is 1.07 bits per heavy atom. The second kappa shape index (κ2) is 7.58. The zero-order valence-corrected chi connectivity index (χ0v) is 15.6. The molecular weight excluding hydrogens is 369 g/mol. The number of halogens is 3. The van der Waals surface area contributed by atoms with Gasteiger partial charge >= 0.3 is 6.18 Å². The number of hydrogen-bond donors (Lipinski definition) is 0. The summed E-state index contributed by atoms with van der Waals surface area (Å²) in [5, 5.41) is 0. The third-order valence-electron chi connectivity index (χ3n) is 5.50. The Kier molecular flexibility index (Phi) is 5.14. The highest BCUT2D eigenvalue weighted by Crippen LogP contribution is 2.30. The Bertz CT molecular complexity index is 855. The van der Waals surface area contributed by atoms with Gasteiger partial charge in [0.05, 0.1) is 29.8 Å². The van der Waals surface area contributed by atoms with E-state index in [1.165, 1.54) is 25.0 Å². The molecule has 8 heteroatoms. The lowest BCUT2D eigenvalue weighted by atomic mass is 10.1. The van der Waals surface area contributed by atoms with Crippen LogP contribution in [0.15, 0.2) is 30.6 Å². The largest absolute Gasteiger partial charge is 0.416 e. The van der Waals surface area contributed by atoms with Crippen LogP contribution < -0.4 is 0 Å². The van der Waals surface area contributed by atoms with Gasteiger partial charge in [-0.05, 0) is 50.6 Å². The van der Waals surface area contributed by atoms with Crippen molar-refractivity contribution in [2.75, 3.05) is 19.6 Å². The maximum atomic E-state index is 13.0. The molecule has 1 fully saturated rings. The molecule has 1 aromatic heterocycles. The summed E-state index contributed by atoms with van der Waals surface area (Å²) in [6, 6.07) is 4.67. The van der Waals surface area contributed by atoms with Crippen molar-refractivity contribution in [3.8, 4) is 0 Å². The van der Waals surface area contributed by atoms with Gasteiger partial charge in [-0.1, -0.05) is 6.07 Å². The molecule has 0 radical (unpaired) electrons. The van der Waals surface area contributed by atoms with Gasteiger partial charge in [-0.2, -0.15) is 13.2 Å². The summed E-state index contributed by atoms with van der Waals surface area (Å²) in [4.78, 5) is 21.5. The highest BCUT2D eigenvalue weighted by molar-refractivity contribution is 5.94. The number of fused-ring (bicyclic) bond motifs is 1. The second-order valence-electron chi connectivity index (χ2n) is 7.47. The standard InChI is InChI=1S/C20H23F3N4O/c21-20(22,23)16-6-3-5-15(11-16)19(28)26-9-4-10-27-14-24-17(18(27)13-26)12-25-7-1-2-8-25/h3,5-6,11,14H,1-2,4,7-10,12-13H2. The number of carbonyl (C=O) groups is 1. The van der Waals surface area contributed by atoms with Crippen molar-refractivity contribution in [3.63, 3.8) is 0 Å². The smallest absolute Gasteiger partial charge is 0.333 e. The van der Waals surface area contributed by atoms with Crippen LogP contribution in [0.4, 0.5) is 13.2 Å². The topological polar surface area (TPSA) is 41.4 Å². The summed E-state index contributed by atoms with van der Waals surface area (Å²) in [6.45, 7) is 4.51. The predicted octanol–water partition coefficient (Wildman–Crippen LogP) is 3.54. The molecule has 28 heavy (non-hydrogen) atoms. The summed E-state index contributed by atoms with van der Waals surface area (Å²) in [7, 11) is 0. The fourth-order valence-electron chi connectivity index (χ4n) is 3.98. The van der Waals surface area contributed by atoms with E-state index in [2.05, 4.69) is 14.5 Å². The van der Waals surface area contributed by atoms with E-state index in [0.717, 1.165) is 56.1 Å². The molecule has 1 amide bonds. The molecule has 0 spiro atoms. The predicted molar refractivity (Wildman–Crippen MR) is 97.5 cm³/mol. The molecule has 0 aliphatic carbocycles. The number of likely N-dealkylation sites (tertiary alicyclic amines) is 1. The van der Waals surface area contributed by atoms with Gasteiger partial charge in [0.1, 0.15) is 0 Å². The van der Waals surface area contributed by atoms with Gasteiger partial charge in [-0.15, -0.1) is 0 Å². The summed E-state index contributed by atoms with van der Waals surface area (Å²) in [5.41, 5.74) is 1.23. The fourth-order valence-corrected chi connectivity index (χ4v) is 3.98. The van der Waals surface area contributed by atoms with Gasteiger partial charge in [0, 0.05) is 25.2 Å². The van der Waals surface area contributed by atoms with E-state index in [1.807, 2.05) is 6.33 Å². The molecule has 2 aliphatic heterocycles. The molecule has 2 aliphatic rings. The van der Waals surface area contributed by atoms with Gasteiger partial charge in [0.25, 0.3) is 5.91 Å². The molecule has 1 saturated heterocycles. The van der Waals surface area contributed by atoms with Gasteiger partial charge in [0.15, 0.2) is 0 Å². The molecule has 0 bridgehead atoms. The van der Waals surface area contributed by atoms with Gasteiger partial charge < -0.3 is 9.47 Å². The third-order valence-corrected chi connectivity index (χ3v) is 5.50. The Balaban J connectivity index is 1.55. The lowest BCUT2D eigenvalue weighted by Crippen LogP contribution is -2.31. The van der Waals surface area contributed by atoms with E-state index in [0.29, 0.717) is 13.1 Å². The third kappa shape index (κ3) is 3.92. The van der Waals surface area contributed by atoms with E-state index in [9.17, 15) is 18.0 Å². The van der Waals surface area contributed by atoms with E-state index in [-0.39, 0.29) is 11.5 Å². The minimum atomic E-state index is -4.46. The Morgan fingerprint density at radius 3 is 2.61 bits per heavy atom. The van der Waals surface area contributed by atoms with Gasteiger partial charge in [-0.25, -0.2) is 4.98 Å². The minimum Gasteiger partial charge on any atom is -0.333 e. The van der Waals surface area contributed by atoms with Crippen molar-refractivity contribution in [2.45, 2.75) is 45.1 Å². The molecule has 0 N–H and O–H groups in total. The zero-order chi connectivity index (χ0) is 19.7. The van der Waals surface area contributed by atoms with E-state index in [1.54, 1.807) is 4.90 Å². The number of nitrogens with zero attached hydrogens (tertiary/aromatic N) is 4. The van der Waals surface area contributed by atoms with Crippen LogP contribution in [-0.4, -0.2) is 44.9 Å². The maximum absolute atomic E-state index is 13.0. The number of amides is 1. The van der Waals surface area contributed by atoms with Crippen LogP contribution >= 0.6 is 0 Å². The quantitative estimate of drug-likeness (QED) is 0.802. The number of carbonyl (C=O) groups excluding carboxylic acids is 1. The van der Waals surface area contributed by atoms with Crippen LogP contribution in [0.2, 0.25) is 0 Å².